The van der Waals surface area contributed by atoms with E-state index in [1.54, 1.807) is 12.2 Å². The van der Waals surface area contributed by atoms with Crippen molar-refractivity contribution < 1.29 is 25.2 Å². The number of carboxylic acid groups (broad SMARTS) is 1. The fourth-order valence-corrected chi connectivity index (χ4v) is 2.31. The second-order valence-corrected chi connectivity index (χ2v) is 6.27. The summed E-state index contributed by atoms with van der Waals surface area (Å²) in [5.74, 6) is -0.902. The number of allylic oxidation sites excluding steroid dienone is 5. The maximum Gasteiger partial charge on any atom is 0.303 e. The monoisotopic (exact) mass is 354 g/mol. The van der Waals surface area contributed by atoms with Crippen LogP contribution in [-0.4, -0.2) is 44.7 Å². The van der Waals surface area contributed by atoms with Crippen molar-refractivity contribution in [2.24, 2.45) is 0 Å². The summed E-state index contributed by atoms with van der Waals surface area (Å²) in [6.45, 7) is 2.15. The van der Waals surface area contributed by atoms with Crippen molar-refractivity contribution in [2.75, 3.05) is 0 Å². The van der Waals surface area contributed by atoms with Gasteiger partial charge in [-0.3, -0.25) is 4.79 Å². The molecule has 0 heterocycles. The Morgan fingerprint density at radius 1 is 0.920 bits per heavy atom. The molecule has 0 bridgehead atoms. The lowest BCUT2D eigenvalue weighted by Crippen LogP contribution is -2.23. The highest BCUT2D eigenvalue weighted by molar-refractivity contribution is 5.66. The van der Waals surface area contributed by atoms with Crippen LogP contribution in [0.3, 0.4) is 0 Å². The summed E-state index contributed by atoms with van der Waals surface area (Å²) in [7, 11) is 0. The zero-order valence-corrected chi connectivity index (χ0v) is 15.3. The first-order chi connectivity index (χ1) is 12.0. The van der Waals surface area contributed by atoms with Gasteiger partial charge in [0.15, 0.2) is 0 Å². The second kappa shape index (κ2) is 16.1. The first kappa shape index (κ1) is 23.6. The van der Waals surface area contributed by atoms with Gasteiger partial charge in [-0.15, -0.1) is 0 Å². The molecule has 0 aliphatic carbocycles. The van der Waals surface area contributed by atoms with Gasteiger partial charge < -0.3 is 20.4 Å². The third kappa shape index (κ3) is 15.8. The van der Waals surface area contributed by atoms with Gasteiger partial charge in [0.2, 0.25) is 0 Å². The predicted molar refractivity (Wildman–Crippen MR) is 100 cm³/mol. The number of carbonyl (C=O) groups is 1. The van der Waals surface area contributed by atoms with E-state index in [4.69, 9.17) is 5.11 Å². The molecule has 0 rings (SSSR count). The molecule has 0 aromatic carbocycles. The Kier molecular flexibility index (Phi) is 15.1. The molecule has 0 unspecified atom stereocenters. The molecule has 0 aromatic rings. The summed E-state index contributed by atoms with van der Waals surface area (Å²) in [6.07, 6.45) is 14.9. The van der Waals surface area contributed by atoms with Gasteiger partial charge in [-0.05, 0) is 32.1 Å². The summed E-state index contributed by atoms with van der Waals surface area (Å²) >= 11 is 0. The molecule has 0 aliphatic heterocycles. The first-order valence-electron chi connectivity index (χ1n) is 9.23. The van der Waals surface area contributed by atoms with Crippen LogP contribution in [0.25, 0.3) is 0 Å². The summed E-state index contributed by atoms with van der Waals surface area (Å²) in [5, 5.41) is 37.7. The van der Waals surface area contributed by atoms with Crippen LogP contribution in [0.5, 0.6) is 0 Å². The molecule has 0 aliphatic rings. The Balaban J connectivity index is 3.83. The molecule has 5 nitrogen and oxygen atoms in total. The van der Waals surface area contributed by atoms with Crippen molar-refractivity contribution >= 4 is 5.97 Å². The smallest absolute Gasteiger partial charge is 0.303 e. The molecule has 25 heavy (non-hydrogen) atoms. The topological polar surface area (TPSA) is 98.0 Å². The van der Waals surface area contributed by atoms with Crippen molar-refractivity contribution in [2.45, 2.75) is 83.0 Å². The molecular formula is C20H34O5. The maximum atomic E-state index is 10.4. The molecule has 0 radical (unpaired) electrons. The van der Waals surface area contributed by atoms with E-state index in [2.05, 4.69) is 6.92 Å². The number of carboxylic acids is 1. The highest BCUT2D eigenvalue weighted by atomic mass is 16.4. The predicted octanol–water partition coefficient (Wildman–Crippen LogP) is 3.35. The van der Waals surface area contributed by atoms with Crippen molar-refractivity contribution in [3.8, 4) is 0 Å². The fourth-order valence-electron chi connectivity index (χ4n) is 2.31. The number of aliphatic hydroxyl groups is 3. The van der Waals surface area contributed by atoms with Crippen molar-refractivity contribution in [3.63, 3.8) is 0 Å². The Morgan fingerprint density at radius 3 is 2.32 bits per heavy atom. The molecule has 0 saturated heterocycles. The van der Waals surface area contributed by atoms with Crippen LogP contribution in [0.15, 0.2) is 36.5 Å². The van der Waals surface area contributed by atoms with Gasteiger partial charge >= 0.3 is 5.97 Å². The van der Waals surface area contributed by atoms with E-state index in [1.807, 2.05) is 18.2 Å². The standard InChI is InChI=1S/C20H34O5/c1-2-3-8-12-17(21)13-9-6-4-5-7-10-14-18(22)19(23)15-11-16-20(24)25/h4-7,10,14,17-19,21-23H,2-3,8-9,11-13,15-16H2,1H3,(H,24,25)/b6-4-,7-5+,14-10+/t17-,18-,19-/m1/s1. The lowest BCUT2D eigenvalue weighted by Gasteiger charge is -2.13. The molecule has 144 valence electrons. The number of rotatable bonds is 15. The fraction of sp³-hybridized carbons (Fsp3) is 0.650. The van der Waals surface area contributed by atoms with E-state index in [1.165, 1.54) is 18.9 Å². The van der Waals surface area contributed by atoms with Crippen LogP contribution in [0.4, 0.5) is 0 Å². The Morgan fingerprint density at radius 2 is 1.64 bits per heavy atom. The van der Waals surface area contributed by atoms with Crippen molar-refractivity contribution in [1.29, 1.82) is 0 Å². The van der Waals surface area contributed by atoms with Crippen LogP contribution in [0, 0.1) is 0 Å². The number of hydrogen-bond acceptors (Lipinski definition) is 4. The number of aliphatic hydroxyl groups excluding tert-OH is 3. The van der Waals surface area contributed by atoms with E-state index < -0.39 is 18.2 Å². The minimum atomic E-state index is -0.999. The largest absolute Gasteiger partial charge is 0.481 e. The van der Waals surface area contributed by atoms with Gasteiger partial charge in [0.05, 0.1) is 18.3 Å². The average molecular weight is 354 g/mol. The summed E-state index contributed by atoms with van der Waals surface area (Å²) < 4.78 is 0. The third-order valence-corrected chi connectivity index (χ3v) is 3.87. The van der Waals surface area contributed by atoms with E-state index in [-0.39, 0.29) is 18.9 Å². The van der Waals surface area contributed by atoms with Crippen molar-refractivity contribution in [1.82, 2.24) is 0 Å². The SMILES string of the molecule is CCCCC[C@@H](O)CC\C=C/C=C/C=C/[C@@H](O)[C@H](O)CCCC(=O)O. The van der Waals surface area contributed by atoms with Crippen molar-refractivity contribution in [3.05, 3.63) is 36.5 Å². The Bertz CT molecular complexity index is 414. The summed E-state index contributed by atoms with van der Waals surface area (Å²) in [4.78, 5) is 10.4. The normalized spacial score (nSPS) is 16.0. The number of hydrogen-bond donors (Lipinski definition) is 4. The Hall–Kier alpha value is -1.43. The molecule has 0 aromatic heterocycles. The second-order valence-electron chi connectivity index (χ2n) is 6.27. The molecular weight excluding hydrogens is 320 g/mol. The minimum absolute atomic E-state index is 0.00844. The van der Waals surface area contributed by atoms with Gasteiger partial charge in [0, 0.05) is 6.42 Å². The Labute approximate surface area is 151 Å². The van der Waals surface area contributed by atoms with Gasteiger partial charge in [0.1, 0.15) is 0 Å². The average Bonchev–Trinajstić information content (AvgIpc) is 2.56. The summed E-state index contributed by atoms with van der Waals surface area (Å²) in [6, 6.07) is 0. The zero-order chi connectivity index (χ0) is 18.9. The third-order valence-electron chi connectivity index (χ3n) is 3.87. The molecule has 0 spiro atoms. The molecule has 4 N–H and O–H groups in total. The van der Waals surface area contributed by atoms with Gasteiger partial charge in [-0.25, -0.2) is 0 Å². The lowest BCUT2D eigenvalue weighted by atomic mass is 10.1. The van der Waals surface area contributed by atoms with E-state index in [0.29, 0.717) is 6.42 Å². The van der Waals surface area contributed by atoms with Crippen LogP contribution in [-0.2, 0) is 4.79 Å². The minimum Gasteiger partial charge on any atom is -0.481 e. The van der Waals surface area contributed by atoms with E-state index in [0.717, 1.165) is 25.7 Å². The van der Waals surface area contributed by atoms with Crippen LogP contribution < -0.4 is 0 Å². The number of unbranched alkanes of at least 4 members (excludes halogenated alkanes) is 2. The molecule has 5 heteroatoms. The van der Waals surface area contributed by atoms with Gasteiger partial charge in [0.25, 0.3) is 0 Å². The zero-order valence-electron chi connectivity index (χ0n) is 15.3. The quantitative estimate of drug-likeness (QED) is 0.267. The van der Waals surface area contributed by atoms with E-state index >= 15 is 0 Å². The highest BCUT2D eigenvalue weighted by Gasteiger charge is 2.12. The summed E-state index contributed by atoms with van der Waals surface area (Å²) in [5.41, 5.74) is 0. The number of aliphatic carboxylic acids is 1. The highest BCUT2D eigenvalue weighted by Crippen LogP contribution is 2.09. The van der Waals surface area contributed by atoms with Crippen LogP contribution >= 0.6 is 0 Å². The van der Waals surface area contributed by atoms with Gasteiger partial charge in [-0.2, -0.15) is 0 Å². The molecule has 0 amide bonds. The van der Waals surface area contributed by atoms with Gasteiger partial charge in [-0.1, -0.05) is 62.6 Å². The molecule has 0 fully saturated rings. The van der Waals surface area contributed by atoms with Crippen LogP contribution in [0.2, 0.25) is 0 Å². The lowest BCUT2D eigenvalue weighted by molar-refractivity contribution is -0.137. The van der Waals surface area contributed by atoms with E-state index in [9.17, 15) is 20.1 Å². The molecule has 0 saturated carbocycles. The molecule has 3 atom stereocenters. The first-order valence-corrected chi connectivity index (χ1v) is 9.23. The van der Waals surface area contributed by atoms with Crippen LogP contribution in [0.1, 0.15) is 64.7 Å². The maximum absolute atomic E-state index is 10.4.